The third kappa shape index (κ3) is 4.22. The fourth-order valence-electron chi connectivity index (χ4n) is 10.4. The first-order chi connectivity index (χ1) is 18.3. The van der Waals surface area contributed by atoms with Crippen molar-refractivity contribution in [3.05, 3.63) is 34.9 Å². The van der Waals surface area contributed by atoms with Gasteiger partial charge in [-0.05, 0) is 143 Å². The number of benzene rings is 1. The van der Waals surface area contributed by atoms with Crippen molar-refractivity contribution in [3.8, 4) is 6.07 Å². The molecule has 0 aromatic heterocycles. The van der Waals surface area contributed by atoms with Gasteiger partial charge in [0.15, 0.2) is 0 Å². The highest BCUT2D eigenvalue weighted by molar-refractivity contribution is 5.97. The third-order valence-electron chi connectivity index (χ3n) is 12.2. The summed E-state index contributed by atoms with van der Waals surface area (Å²) >= 11 is 0. The molecular weight excluding hydrogens is 472 g/mol. The molecular formula is C33H46N2O3. The Morgan fingerprint density at radius 1 is 1.13 bits per heavy atom. The predicted molar refractivity (Wildman–Crippen MR) is 147 cm³/mol. The number of carbonyl (C=O) groups is 1. The lowest BCUT2D eigenvalue weighted by Crippen LogP contribution is -2.54. The summed E-state index contributed by atoms with van der Waals surface area (Å²) in [6.45, 7) is 8.84. The Bertz CT molecular complexity index is 1110. The third-order valence-corrected chi connectivity index (χ3v) is 12.2. The first-order valence-electron chi connectivity index (χ1n) is 15.4. The monoisotopic (exact) mass is 518 g/mol. The second-order valence-corrected chi connectivity index (χ2v) is 13.7. The van der Waals surface area contributed by atoms with Gasteiger partial charge in [-0.25, -0.2) is 0 Å². The van der Waals surface area contributed by atoms with Crippen LogP contribution >= 0.6 is 0 Å². The van der Waals surface area contributed by atoms with E-state index in [4.69, 9.17) is 4.74 Å². The summed E-state index contributed by atoms with van der Waals surface area (Å²) < 4.78 is 5.66. The van der Waals surface area contributed by atoms with Crippen LogP contribution in [0.3, 0.4) is 0 Å². The molecule has 0 bridgehead atoms. The number of hydrogen-bond acceptors (Lipinski definition) is 4. The molecule has 1 amide bonds. The van der Waals surface area contributed by atoms with Crippen molar-refractivity contribution >= 4 is 5.91 Å². The van der Waals surface area contributed by atoms with Crippen molar-refractivity contribution < 1.29 is 14.6 Å². The van der Waals surface area contributed by atoms with E-state index in [2.05, 4.69) is 24.8 Å². The van der Waals surface area contributed by atoms with E-state index in [-0.39, 0.29) is 11.9 Å². The van der Waals surface area contributed by atoms with Crippen LogP contribution in [0.2, 0.25) is 0 Å². The van der Waals surface area contributed by atoms with Crippen LogP contribution in [0.15, 0.2) is 18.2 Å². The van der Waals surface area contributed by atoms with Crippen molar-refractivity contribution in [2.45, 2.75) is 96.6 Å². The average molecular weight is 519 g/mol. The smallest absolute Gasteiger partial charge is 0.254 e. The minimum Gasteiger partial charge on any atom is -0.387 e. The van der Waals surface area contributed by atoms with Crippen LogP contribution in [0, 0.1) is 52.3 Å². The molecule has 4 fully saturated rings. The molecule has 1 aromatic rings. The molecule has 38 heavy (non-hydrogen) atoms. The van der Waals surface area contributed by atoms with E-state index in [1.54, 1.807) is 6.07 Å². The molecule has 0 radical (unpaired) electrons. The van der Waals surface area contributed by atoms with Crippen LogP contribution in [0.5, 0.6) is 0 Å². The van der Waals surface area contributed by atoms with Gasteiger partial charge >= 0.3 is 0 Å². The van der Waals surface area contributed by atoms with E-state index in [9.17, 15) is 15.2 Å². The molecule has 0 spiro atoms. The second-order valence-electron chi connectivity index (χ2n) is 13.7. The van der Waals surface area contributed by atoms with E-state index >= 15 is 0 Å². The summed E-state index contributed by atoms with van der Waals surface area (Å²) in [5, 5.41) is 20.5. The van der Waals surface area contributed by atoms with E-state index in [1.165, 1.54) is 38.5 Å². The lowest BCUT2D eigenvalue weighted by molar-refractivity contribution is -0.129. The summed E-state index contributed by atoms with van der Waals surface area (Å²) in [6, 6.07) is 8.03. The van der Waals surface area contributed by atoms with Gasteiger partial charge in [0.05, 0.1) is 23.8 Å². The molecule has 6 rings (SSSR count). The molecule has 9 atom stereocenters. The number of nitriles is 1. The van der Waals surface area contributed by atoms with Crippen LogP contribution in [0.1, 0.15) is 100 Å². The zero-order valence-electron chi connectivity index (χ0n) is 23.6. The van der Waals surface area contributed by atoms with Crippen LogP contribution < -0.4 is 0 Å². The van der Waals surface area contributed by atoms with E-state index < -0.39 is 5.60 Å². The molecule has 1 aromatic carbocycles. The highest BCUT2D eigenvalue weighted by Gasteiger charge is 2.59. The topological polar surface area (TPSA) is 73.6 Å². The van der Waals surface area contributed by atoms with Gasteiger partial charge in [-0.2, -0.15) is 5.26 Å². The van der Waals surface area contributed by atoms with Crippen LogP contribution in [-0.2, 0) is 11.2 Å². The summed E-state index contributed by atoms with van der Waals surface area (Å²) in [4.78, 5) is 15.8. The lowest BCUT2D eigenvalue weighted by atomic mass is 9.48. The minimum absolute atomic E-state index is 0.159. The number of carbonyl (C=O) groups excluding carboxylic acids is 1. The molecule has 1 aliphatic heterocycles. The van der Waals surface area contributed by atoms with Crippen LogP contribution in [0.25, 0.3) is 0 Å². The Balaban J connectivity index is 1.16. The van der Waals surface area contributed by atoms with Crippen molar-refractivity contribution in [2.24, 2.45) is 40.9 Å². The van der Waals surface area contributed by atoms with E-state index in [0.29, 0.717) is 36.0 Å². The Morgan fingerprint density at radius 3 is 2.74 bits per heavy atom. The van der Waals surface area contributed by atoms with Crippen molar-refractivity contribution in [1.82, 2.24) is 4.90 Å². The molecule has 5 heteroatoms. The maximum atomic E-state index is 13.6. The minimum atomic E-state index is -0.614. The molecule has 4 saturated carbocycles. The fraction of sp³-hybridized carbons (Fsp3) is 0.758. The molecule has 206 valence electrons. The maximum Gasteiger partial charge on any atom is 0.254 e. The van der Waals surface area contributed by atoms with Gasteiger partial charge in [0.2, 0.25) is 0 Å². The molecule has 1 N–H and O–H groups in total. The Morgan fingerprint density at radius 2 is 1.95 bits per heavy atom. The van der Waals surface area contributed by atoms with Gasteiger partial charge in [-0.1, -0.05) is 6.92 Å². The maximum absolute atomic E-state index is 13.6. The number of hydrogen-bond donors (Lipinski definition) is 1. The first kappa shape index (κ1) is 26.3. The Labute approximate surface area is 228 Å². The van der Waals surface area contributed by atoms with Gasteiger partial charge in [-0.3, -0.25) is 4.79 Å². The quantitative estimate of drug-likeness (QED) is 0.520. The lowest BCUT2D eigenvalue weighted by Gasteiger charge is -2.58. The molecule has 0 saturated heterocycles. The molecule has 1 unspecified atom stereocenters. The summed E-state index contributed by atoms with van der Waals surface area (Å²) in [7, 11) is 0. The number of rotatable bonds is 5. The van der Waals surface area contributed by atoms with Gasteiger partial charge in [0.1, 0.15) is 0 Å². The van der Waals surface area contributed by atoms with Crippen LogP contribution in [0.4, 0.5) is 0 Å². The van der Waals surface area contributed by atoms with Crippen molar-refractivity contribution in [3.63, 3.8) is 0 Å². The van der Waals surface area contributed by atoms with Gasteiger partial charge in [-0.15, -0.1) is 0 Å². The van der Waals surface area contributed by atoms with Gasteiger partial charge in [0, 0.05) is 24.8 Å². The zero-order valence-corrected chi connectivity index (χ0v) is 23.6. The highest BCUT2D eigenvalue weighted by Crippen LogP contribution is 2.65. The van der Waals surface area contributed by atoms with Crippen LogP contribution in [-0.4, -0.2) is 47.3 Å². The number of amides is 1. The molecule has 4 aliphatic carbocycles. The fourth-order valence-corrected chi connectivity index (χ4v) is 10.4. The SMILES string of the molecule is CCOC[C@@]1(O)CC[C@H]2[C@H](CC[C@@H]3[C@@H]2CC[C@]2(C)C([C@@H](C)N4CCc5cc(C#N)ccc5C4=O)CC[C@@H]32)C1. The Kier molecular flexibility index (Phi) is 6.88. The number of aliphatic hydroxyl groups is 1. The predicted octanol–water partition coefficient (Wildman–Crippen LogP) is 5.98. The second kappa shape index (κ2) is 9.93. The number of fused-ring (bicyclic) bond motifs is 6. The first-order valence-corrected chi connectivity index (χ1v) is 15.4. The summed E-state index contributed by atoms with van der Waals surface area (Å²) in [5.41, 5.74) is 2.17. The molecule has 1 heterocycles. The number of nitrogens with zero attached hydrogens (tertiary/aromatic N) is 2. The normalized spacial score (nSPS) is 40.9. The molecule has 5 nitrogen and oxygen atoms in total. The standard InChI is InChI=1S/C33H46N2O3/c1-4-38-20-33(37)15-12-25-24(18-33)6-8-28-27(25)11-14-32(3)29(9-10-30(28)32)21(2)35-16-13-23-17-22(19-34)5-7-26(23)31(35)36/h5,7,17,21,24-25,27-30,37H,4,6,8-16,18,20H2,1-3H3/t21-,24-,25+,27-,28-,29?,30+,32-,33-/m1/s1. The highest BCUT2D eigenvalue weighted by atomic mass is 16.5. The summed E-state index contributed by atoms with van der Waals surface area (Å²) in [5.74, 6) is 4.54. The van der Waals surface area contributed by atoms with E-state index in [0.717, 1.165) is 67.0 Å². The zero-order chi connectivity index (χ0) is 26.7. The van der Waals surface area contributed by atoms with E-state index in [1.807, 2.05) is 19.1 Å². The summed E-state index contributed by atoms with van der Waals surface area (Å²) in [6.07, 6.45) is 11.5. The van der Waals surface area contributed by atoms with Crippen molar-refractivity contribution in [1.29, 1.82) is 5.26 Å². The van der Waals surface area contributed by atoms with Gasteiger partial charge in [0.25, 0.3) is 5.91 Å². The largest absolute Gasteiger partial charge is 0.387 e. The Hall–Kier alpha value is -1.90. The van der Waals surface area contributed by atoms with Crippen molar-refractivity contribution in [2.75, 3.05) is 19.8 Å². The molecule has 5 aliphatic rings. The average Bonchev–Trinajstić information content (AvgIpc) is 3.28. The number of ether oxygens (including phenoxy) is 1. The van der Waals surface area contributed by atoms with Gasteiger partial charge < -0.3 is 14.7 Å².